The van der Waals surface area contributed by atoms with Gasteiger partial charge in [0.15, 0.2) is 0 Å². The van der Waals surface area contributed by atoms with Crippen molar-refractivity contribution in [2.75, 3.05) is 0 Å². The van der Waals surface area contributed by atoms with Crippen molar-refractivity contribution in [2.45, 2.75) is 39.3 Å². The van der Waals surface area contributed by atoms with E-state index in [0.717, 1.165) is 35.4 Å². The SMILES string of the molecule is CC[C@H](Cn1ccnc1)NC(=O)Cc1ccc2nc(C)[nH]c2c1. The van der Waals surface area contributed by atoms with Gasteiger partial charge in [-0.1, -0.05) is 13.0 Å². The van der Waals surface area contributed by atoms with Gasteiger partial charge in [0, 0.05) is 25.0 Å². The Morgan fingerprint density at radius 3 is 3.04 bits per heavy atom. The van der Waals surface area contributed by atoms with Crippen LogP contribution in [0.2, 0.25) is 0 Å². The zero-order valence-corrected chi connectivity index (χ0v) is 13.4. The Balaban J connectivity index is 1.62. The van der Waals surface area contributed by atoms with Gasteiger partial charge in [-0.05, 0) is 31.0 Å². The summed E-state index contributed by atoms with van der Waals surface area (Å²) in [6.45, 7) is 4.73. The fraction of sp³-hybridized carbons (Fsp3) is 0.353. The molecule has 0 saturated carbocycles. The molecule has 0 bridgehead atoms. The normalized spacial score (nSPS) is 12.4. The largest absolute Gasteiger partial charge is 0.351 e. The molecule has 0 aliphatic rings. The number of amides is 1. The Morgan fingerprint density at radius 1 is 1.43 bits per heavy atom. The number of H-pyrrole nitrogens is 1. The average Bonchev–Trinajstić information content (AvgIpc) is 3.14. The topological polar surface area (TPSA) is 75.6 Å². The molecule has 1 aromatic carbocycles. The number of nitrogens with zero attached hydrogens (tertiary/aromatic N) is 3. The van der Waals surface area contributed by atoms with Crippen LogP contribution in [0.1, 0.15) is 24.7 Å². The van der Waals surface area contributed by atoms with Gasteiger partial charge in [0.2, 0.25) is 5.91 Å². The fourth-order valence-electron chi connectivity index (χ4n) is 2.68. The number of rotatable bonds is 6. The Hall–Kier alpha value is -2.63. The summed E-state index contributed by atoms with van der Waals surface area (Å²) in [5, 5.41) is 3.09. The van der Waals surface area contributed by atoms with Gasteiger partial charge in [-0.15, -0.1) is 0 Å². The van der Waals surface area contributed by atoms with Crippen molar-refractivity contribution in [3.63, 3.8) is 0 Å². The van der Waals surface area contributed by atoms with E-state index in [9.17, 15) is 4.79 Å². The van der Waals surface area contributed by atoms with Crippen LogP contribution >= 0.6 is 0 Å². The van der Waals surface area contributed by atoms with Crippen LogP contribution in [0.25, 0.3) is 11.0 Å². The first-order valence-corrected chi connectivity index (χ1v) is 7.84. The number of aromatic amines is 1. The lowest BCUT2D eigenvalue weighted by molar-refractivity contribution is -0.121. The second kappa shape index (κ2) is 6.64. The van der Waals surface area contributed by atoms with Gasteiger partial charge >= 0.3 is 0 Å². The van der Waals surface area contributed by atoms with Gasteiger partial charge in [-0.2, -0.15) is 0 Å². The fourth-order valence-corrected chi connectivity index (χ4v) is 2.68. The molecular weight excluding hydrogens is 290 g/mol. The quantitative estimate of drug-likeness (QED) is 0.733. The molecule has 6 heteroatoms. The molecule has 6 nitrogen and oxygen atoms in total. The van der Waals surface area contributed by atoms with Crippen molar-refractivity contribution in [1.29, 1.82) is 0 Å². The highest BCUT2D eigenvalue weighted by molar-refractivity contribution is 5.81. The Labute approximate surface area is 135 Å². The van der Waals surface area contributed by atoms with Crippen LogP contribution in [0.3, 0.4) is 0 Å². The Kier molecular flexibility index (Phi) is 4.41. The van der Waals surface area contributed by atoms with E-state index in [1.165, 1.54) is 0 Å². The average molecular weight is 311 g/mol. The second-order valence-electron chi connectivity index (χ2n) is 5.78. The van der Waals surface area contributed by atoms with Crippen LogP contribution in [0.4, 0.5) is 0 Å². The first kappa shape index (κ1) is 15.3. The van der Waals surface area contributed by atoms with Gasteiger partial charge in [0.05, 0.1) is 23.8 Å². The lowest BCUT2D eigenvalue weighted by Crippen LogP contribution is -2.38. The van der Waals surface area contributed by atoms with E-state index >= 15 is 0 Å². The number of aryl methyl sites for hydroxylation is 1. The third-order valence-corrected chi connectivity index (χ3v) is 3.88. The van der Waals surface area contributed by atoms with E-state index in [2.05, 4.69) is 27.2 Å². The second-order valence-corrected chi connectivity index (χ2v) is 5.78. The number of fused-ring (bicyclic) bond motifs is 1. The lowest BCUT2D eigenvalue weighted by atomic mass is 10.1. The maximum atomic E-state index is 12.3. The number of aromatic nitrogens is 4. The molecule has 1 atom stereocenters. The van der Waals surface area contributed by atoms with Crippen LogP contribution < -0.4 is 5.32 Å². The number of carbonyl (C=O) groups excluding carboxylic acids is 1. The van der Waals surface area contributed by atoms with Crippen LogP contribution in [0.15, 0.2) is 36.9 Å². The maximum absolute atomic E-state index is 12.3. The van der Waals surface area contributed by atoms with Crippen molar-refractivity contribution < 1.29 is 4.79 Å². The lowest BCUT2D eigenvalue weighted by Gasteiger charge is -2.17. The number of carbonyl (C=O) groups is 1. The van der Waals surface area contributed by atoms with Crippen LogP contribution in [0.5, 0.6) is 0 Å². The van der Waals surface area contributed by atoms with Crippen molar-refractivity contribution in [3.8, 4) is 0 Å². The third kappa shape index (κ3) is 3.77. The summed E-state index contributed by atoms with van der Waals surface area (Å²) in [6, 6.07) is 6.00. The molecule has 0 fully saturated rings. The zero-order chi connectivity index (χ0) is 16.2. The first-order valence-electron chi connectivity index (χ1n) is 7.84. The van der Waals surface area contributed by atoms with Crippen molar-refractivity contribution in [1.82, 2.24) is 24.8 Å². The number of benzene rings is 1. The van der Waals surface area contributed by atoms with Gasteiger partial charge in [0.1, 0.15) is 5.82 Å². The van der Waals surface area contributed by atoms with Crippen LogP contribution in [-0.2, 0) is 17.8 Å². The minimum absolute atomic E-state index is 0.0348. The Bertz CT molecular complexity index is 791. The summed E-state index contributed by atoms with van der Waals surface area (Å²) in [4.78, 5) is 23.9. The molecular formula is C17H21N5O. The third-order valence-electron chi connectivity index (χ3n) is 3.88. The summed E-state index contributed by atoms with van der Waals surface area (Å²) in [5.74, 6) is 0.917. The molecule has 1 amide bonds. The van der Waals surface area contributed by atoms with E-state index < -0.39 is 0 Å². The molecule has 2 heterocycles. The van der Waals surface area contributed by atoms with Crippen LogP contribution in [0, 0.1) is 6.92 Å². The number of imidazole rings is 2. The molecule has 23 heavy (non-hydrogen) atoms. The van der Waals surface area contributed by atoms with Gasteiger partial charge < -0.3 is 14.9 Å². The van der Waals surface area contributed by atoms with E-state index in [0.29, 0.717) is 6.42 Å². The van der Waals surface area contributed by atoms with E-state index in [1.807, 2.05) is 35.9 Å². The standard InChI is InChI=1S/C17H21N5O/c1-3-14(10-22-7-6-18-11-22)21-17(23)9-13-4-5-15-16(8-13)20-12(2)19-15/h4-8,11,14H,3,9-10H2,1-2H3,(H,19,20)(H,21,23)/t14-/m1/s1. The molecule has 0 unspecified atom stereocenters. The molecule has 0 radical (unpaired) electrons. The molecule has 2 N–H and O–H groups in total. The number of hydrogen-bond donors (Lipinski definition) is 2. The monoisotopic (exact) mass is 311 g/mol. The zero-order valence-electron chi connectivity index (χ0n) is 13.4. The first-order chi connectivity index (χ1) is 11.1. The minimum atomic E-state index is 0.0348. The van der Waals surface area contributed by atoms with E-state index in [1.54, 1.807) is 12.5 Å². The van der Waals surface area contributed by atoms with Gasteiger partial charge in [0.25, 0.3) is 0 Å². The molecule has 3 rings (SSSR count). The summed E-state index contributed by atoms with van der Waals surface area (Å²) >= 11 is 0. The van der Waals surface area contributed by atoms with Crippen LogP contribution in [-0.4, -0.2) is 31.5 Å². The van der Waals surface area contributed by atoms with Gasteiger partial charge in [-0.25, -0.2) is 9.97 Å². The highest BCUT2D eigenvalue weighted by Crippen LogP contribution is 2.14. The predicted molar refractivity (Wildman–Crippen MR) is 89.0 cm³/mol. The van der Waals surface area contributed by atoms with Crippen molar-refractivity contribution >= 4 is 16.9 Å². The molecule has 0 aliphatic carbocycles. The highest BCUT2D eigenvalue weighted by atomic mass is 16.1. The van der Waals surface area contributed by atoms with Crippen molar-refractivity contribution in [3.05, 3.63) is 48.3 Å². The summed E-state index contributed by atoms with van der Waals surface area (Å²) in [6.07, 6.45) is 6.67. The molecule has 120 valence electrons. The van der Waals surface area contributed by atoms with E-state index in [4.69, 9.17) is 0 Å². The summed E-state index contributed by atoms with van der Waals surface area (Å²) in [5.41, 5.74) is 2.88. The summed E-state index contributed by atoms with van der Waals surface area (Å²) in [7, 11) is 0. The number of hydrogen-bond acceptors (Lipinski definition) is 3. The highest BCUT2D eigenvalue weighted by Gasteiger charge is 2.12. The minimum Gasteiger partial charge on any atom is -0.351 e. The van der Waals surface area contributed by atoms with Gasteiger partial charge in [-0.3, -0.25) is 4.79 Å². The maximum Gasteiger partial charge on any atom is 0.224 e. The summed E-state index contributed by atoms with van der Waals surface area (Å²) < 4.78 is 1.98. The van der Waals surface area contributed by atoms with Crippen molar-refractivity contribution in [2.24, 2.45) is 0 Å². The molecule has 2 aromatic heterocycles. The molecule has 0 saturated heterocycles. The Morgan fingerprint density at radius 2 is 2.30 bits per heavy atom. The molecule has 0 aliphatic heterocycles. The number of nitrogens with one attached hydrogen (secondary N) is 2. The van der Waals surface area contributed by atoms with E-state index in [-0.39, 0.29) is 11.9 Å². The molecule has 3 aromatic rings. The predicted octanol–water partition coefficient (Wildman–Crippen LogP) is 2.21. The smallest absolute Gasteiger partial charge is 0.224 e. The molecule has 0 spiro atoms.